The Hall–Kier alpha value is -1.07. The molecule has 0 atom stereocenters. The van der Waals surface area contributed by atoms with Crippen LogP contribution in [-0.2, 0) is 26.4 Å². The summed E-state index contributed by atoms with van der Waals surface area (Å²) in [7, 11) is 0. The van der Waals surface area contributed by atoms with Gasteiger partial charge in [0.25, 0.3) is 0 Å². The summed E-state index contributed by atoms with van der Waals surface area (Å²) in [5.74, 6) is 0.0607. The Morgan fingerprint density at radius 1 is 1.53 bits per heavy atom. The Balaban J connectivity index is 0.00000324. The number of rotatable bonds is 5. The minimum atomic E-state index is -0.189. The fourth-order valence-corrected chi connectivity index (χ4v) is 2.07. The molecule has 1 N–H and O–H groups in total. The predicted octanol–water partition coefficient (Wildman–Crippen LogP) is 3.15. The maximum atomic E-state index is 12.1. The molecule has 0 aromatic rings. The SMILES string of the molecule is C=CCON=C(CC)C1=C(O)CC(C)(C)CC1=O.[Co]. The zero-order chi connectivity index (χ0) is 13.8. The third-order valence-corrected chi connectivity index (χ3v) is 2.84. The Morgan fingerprint density at radius 2 is 2.16 bits per heavy atom. The summed E-state index contributed by atoms with van der Waals surface area (Å²) in [6, 6.07) is 0. The molecule has 0 heterocycles. The fourth-order valence-electron chi connectivity index (χ4n) is 2.07. The molecule has 19 heavy (non-hydrogen) atoms. The summed E-state index contributed by atoms with van der Waals surface area (Å²) in [5, 5.41) is 13.9. The van der Waals surface area contributed by atoms with Crippen LogP contribution in [0, 0.1) is 5.41 Å². The van der Waals surface area contributed by atoms with E-state index in [1.165, 1.54) is 0 Å². The number of carbonyl (C=O) groups excluding carboxylic acids is 1. The van der Waals surface area contributed by atoms with E-state index in [0.717, 1.165) is 0 Å². The number of Topliss-reactive ketones (excluding diaryl/α,β-unsaturated/α-hetero) is 1. The van der Waals surface area contributed by atoms with Gasteiger partial charge in [0.05, 0.1) is 11.3 Å². The van der Waals surface area contributed by atoms with E-state index in [9.17, 15) is 9.90 Å². The van der Waals surface area contributed by atoms with Crippen LogP contribution in [0.25, 0.3) is 0 Å². The van der Waals surface area contributed by atoms with Gasteiger partial charge in [0.15, 0.2) is 5.78 Å². The summed E-state index contributed by atoms with van der Waals surface area (Å²) in [6.45, 7) is 9.62. The van der Waals surface area contributed by atoms with Gasteiger partial charge in [-0.15, -0.1) is 0 Å². The summed E-state index contributed by atoms with van der Waals surface area (Å²) >= 11 is 0. The zero-order valence-electron chi connectivity index (χ0n) is 11.7. The van der Waals surface area contributed by atoms with Crippen LogP contribution in [0.2, 0.25) is 0 Å². The van der Waals surface area contributed by atoms with Crippen molar-refractivity contribution in [2.75, 3.05) is 6.61 Å². The number of allylic oxidation sites excluding steroid dienone is 2. The van der Waals surface area contributed by atoms with Gasteiger partial charge in [0.2, 0.25) is 0 Å². The van der Waals surface area contributed by atoms with Crippen molar-refractivity contribution in [1.29, 1.82) is 0 Å². The van der Waals surface area contributed by atoms with Crippen molar-refractivity contribution in [1.82, 2.24) is 0 Å². The third kappa shape index (κ3) is 4.84. The van der Waals surface area contributed by atoms with Crippen LogP contribution in [0.15, 0.2) is 29.1 Å². The van der Waals surface area contributed by atoms with Crippen molar-refractivity contribution in [3.63, 3.8) is 0 Å². The first-order valence-electron chi connectivity index (χ1n) is 6.16. The molecular formula is C14H21CoNO3. The average Bonchev–Trinajstić information content (AvgIpc) is 2.24. The summed E-state index contributed by atoms with van der Waals surface area (Å²) in [4.78, 5) is 17.1. The quantitative estimate of drug-likeness (QED) is 0.367. The first-order chi connectivity index (χ1) is 8.41. The summed E-state index contributed by atoms with van der Waals surface area (Å²) in [5.41, 5.74) is 0.654. The molecule has 0 bridgehead atoms. The van der Waals surface area contributed by atoms with Crippen LogP contribution in [-0.4, -0.2) is 23.2 Å². The van der Waals surface area contributed by atoms with Gasteiger partial charge in [-0.05, 0) is 11.8 Å². The third-order valence-electron chi connectivity index (χ3n) is 2.84. The zero-order valence-corrected chi connectivity index (χ0v) is 12.7. The van der Waals surface area contributed by atoms with Crippen LogP contribution in [0.4, 0.5) is 0 Å². The molecule has 0 saturated heterocycles. The van der Waals surface area contributed by atoms with E-state index < -0.39 is 0 Å². The predicted molar refractivity (Wildman–Crippen MR) is 71.6 cm³/mol. The van der Waals surface area contributed by atoms with Crippen LogP contribution in [0.1, 0.15) is 40.0 Å². The van der Waals surface area contributed by atoms with Crippen LogP contribution in [0.3, 0.4) is 0 Å². The monoisotopic (exact) mass is 310 g/mol. The van der Waals surface area contributed by atoms with Crippen molar-refractivity contribution in [2.45, 2.75) is 40.0 Å². The molecular weight excluding hydrogens is 289 g/mol. The number of hydrogen-bond donors (Lipinski definition) is 1. The van der Waals surface area contributed by atoms with E-state index in [-0.39, 0.29) is 40.3 Å². The van der Waals surface area contributed by atoms with Crippen LogP contribution in [0.5, 0.6) is 0 Å². The standard InChI is InChI=1S/C14H21NO3.Co/c1-5-7-18-15-10(6-2)13-11(16)8-14(3,4)9-12(13)17;/h5,16H,1,6-9H2,2-4H3;. The molecule has 0 saturated carbocycles. The summed E-state index contributed by atoms with van der Waals surface area (Å²) < 4.78 is 0. The number of oxime groups is 1. The van der Waals surface area contributed by atoms with Crippen LogP contribution < -0.4 is 0 Å². The number of aliphatic hydroxyl groups is 1. The Morgan fingerprint density at radius 3 is 2.63 bits per heavy atom. The number of hydrogen-bond acceptors (Lipinski definition) is 4. The van der Waals surface area contributed by atoms with E-state index in [4.69, 9.17) is 4.84 Å². The molecule has 1 rings (SSSR count). The van der Waals surface area contributed by atoms with Gasteiger partial charge in [-0.3, -0.25) is 4.79 Å². The van der Waals surface area contributed by atoms with Gasteiger partial charge in [-0.2, -0.15) is 0 Å². The number of aliphatic hydroxyl groups excluding tert-OH is 1. The molecule has 4 nitrogen and oxygen atoms in total. The smallest absolute Gasteiger partial charge is 0.168 e. The van der Waals surface area contributed by atoms with Gasteiger partial charge in [0.1, 0.15) is 12.4 Å². The second-order valence-electron chi connectivity index (χ2n) is 5.24. The maximum absolute atomic E-state index is 12.1. The molecule has 0 aromatic carbocycles. The number of carbonyl (C=O) groups is 1. The fraction of sp³-hybridized carbons (Fsp3) is 0.571. The Labute approximate surface area is 124 Å². The molecule has 0 aliphatic heterocycles. The molecule has 109 valence electrons. The van der Waals surface area contributed by atoms with Crippen molar-refractivity contribution in [3.8, 4) is 0 Å². The molecule has 0 aromatic heterocycles. The molecule has 0 fully saturated rings. The second-order valence-corrected chi connectivity index (χ2v) is 5.24. The van der Waals surface area contributed by atoms with E-state index >= 15 is 0 Å². The van der Waals surface area contributed by atoms with E-state index in [1.54, 1.807) is 6.08 Å². The minimum absolute atomic E-state index is 0. The molecule has 1 radical (unpaired) electrons. The van der Waals surface area contributed by atoms with Gasteiger partial charge >= 0.3 is 0 Å². The van der Waals surface area contributed by atoms with Crippen molar-refractivity contribution >= 4 is 11.5 Å². The van der Waals surface area contributed by atoms with Crippen LogP contribution >= 0.6 is 0 Å². The van der Waals surface area contributed by atoms with Gasteiger partial charge in [0, 0.05) is 29.6 Å². The Bertz CT molecular complexity index is 411. The number of ketones is 1. The van der Waals surface area contributed by atoms with Crippen molar-refractivity contribution in [3.05, 3.63) is 24.0 Å². The van der Waals surface area contributed by atoms with Gasteiger partial charge in [-0.25, -0.2) is 0 Å². The van der Waals surface area contributed by atoms with Crippen molar-refractivity contribution < 1.29 is 31.5 Å². The first-order valence-corrected chi connectivity index (χ1v) is 6.16. The summed E-state index contributed by atoms with van der Waals surface area (Å²) in [6.07, 6.45) is 3.04. The van der Waals surface area contributed by atoms with E-state index in [0.29, 0.717) is 30.5 Å². The largest absolute Gasteiger partial charge is 0.511 e. The average molecular weight is 310 g/mol. The molecule has 1 aliphatic carbocycles. The second kappa shape index (κ2) is 7.50. The molecule has 1 aliphatic rings. The first kappa shape index (κ1) is 17.9. The molecule has 0 spiro atoms. The molecule has 0 unspecified atom stereocenters. The Kier molecular flexibility index (Phi) is 7.08. The molecule has 0 amide bonds. The minimum Gasteiger partial charge on any atom is -0.511 e. The van der Waals surface area contributed by atoms with Gasteiger partial charge in [-0.1, -0.05) is 38.6 Å². The maximum Gasteiger partial charge on any atom is 0.168 e. The van der Waals surface area contributed by atoms with Crippen molar-refractivity contribution in [2.24, 2.45) is 10.6 Å². The van der Waals surface area contributed by atoms with E-state index in [2.05, 4.69) is 11.7 Å². The number of nitrogens with zero attached hydrogens (tertiary/aromatic N) is 1. The van der Waals surface area contributed by atoms with Gasteiger partial charge < -0.3 is 9.94 Å². The topological polar surface area (TPSA) is 58.9 Å². The molecule has 5 heteroatoms. The van der Waals surface area contributed by atoms with E-state index in [1.807, 2.05) is 20.8 Å². The normalized spacial score (nSPS) is 18.9.